The van der Waals surface area contributed by atoms with Gasteiger partial charge in [-0.15, -0.1) is 0 Å². The van der Waals surface area contributed by atoms with E-state index in [1.807, 2.05) is 0 Å². The highest BCUT2D eigenvalue weighted by atomic mass is 16.1. The molecule has 0 unspecified atom stereocenters. The van der Waals surface area contributed by atoms with Crippen molar-refractivity contribution < 1.29 is 4.79 Å². The molecule has 1 aromatic carbocycles. The maximum absolute atomic E-state index is 12.4. The van der Waals surface area contributed by atoms with Crippen molar-refractivity contribution >= 4 is 11.6 Å². The van der Waals surface area contributed by atoms with Crippen LogP contribution in [0.2, 0.25) is 0 Å². The van der Waals surface area contributed by atoms with Crippen LogP contribution < -0.4 is 10.2 Å². The number of rotatable bonds is 6. The summed E-state index contributed by atoms with van der Waals surface area (Å²) in [6, 6.07) is 11.2. The van der Waals surface area contributed by atoms with Crippen molar-refractivity contribution in [3.05, 3.63) is 42.0 Å². The molecule has 2 aliphatic carbocycles. The van der Waals surface area contributed by atoms with Crippen LogP contribution in [0.3, 0.4) is 0 Å². The number of hydrogen-bond donors (Lipinski definition) is 1. The number of nitrogens with zero attached hydrogens (tertiary/aromatic N) is 2. The molecule has 0 radical (unpaired) electrons. The first kappa shape index (κ1) is 20.5. The Balaban J connectivity index is 1.12. The third kappa shape index (κ3) is 5.85. The van der Waals surface area contributed by atoms with Crippen molar-refractivity contribution in [1.29, 1.82) is 0 Å². The molecule has 1 saturated carbocycles. The van der Waals surface area contributed by atoms with Gasteiger partial charge in [-0.25, -0.2) is 0 Å². The first-order valence-electron chi connectivity index (χ1n) is 11.8. The Morgan fingerprint density at radius 2 is 1.72 bits per heavy atom. The number of piperazine rings is 1. The topological polar surface area (TPSA) is 35.6 Å². The second-order valence-corrected chi connectivity index (χ2v) is 9.12. The number of para-hydroxylation sites is 1. The zero-order valence-electron chi connectivity index (χ0n) is 17.8. The average molecular weight is 396 g/mol. The summed E-state index contributed by atoms with van der Waals surface area (Å²) in [4.78, 5) is 17.6. The summed E-state index contributed by atoms with van der Waals surface area (Å²) in [5, 5.41) is 3.31. The molecule has 2 fully saturated rings. The molecule has 1 saturated heterocycles. The van der Waals surface area contributed by atoms with Crippen LogP contribution in [0.5, 0.6) is 0 Å². The predicted octanol–water partition coefficient (Wildman–Crippen LogP) is 4.37. The lowest BCUT2D eigenvalue weighted by Crippen LogP contribution is -2.47. The normalized spacial score (nSPS) is 26.1. The zero-order chi connectivity index (χ0) is 19.9. The summed E-state index contributed by atoms with van der Waals surface area (Å²) in [5.74, 6) is 1.05. The van der Waals surface area contributed by atoms with E-state index in [4.69, 9.17) is 0 Å². The first-order valence-corrected chi connectivity index (χ1v) is 11.8. The van der Waals surface area contributed by atoms with E-state index in [9.17, 15) is 4.79 Å². The lowest BCUT2D eigenvalue weighted by Gasteiger charge is -2.37. The van der Waals surface area contributed by atoms with Crippen LogP contribution in [0, 0.1) is 5.92 Å². The minimum absolute atomic E-state index is 0.212. The highest BCUT2D eigenvalue weighted by molar-refractivity contribution is 5.93. The number of anilines is 1. The number of amides is 1. The Labute approximate surface area is 176 Å². The molecular weight excluding hydrogens is 358 g/mol. The smallest absolute Gasteiger partial charge is 0.247 e. The van der Waals surface area contributed by atoms with Gasteiger partial charge in [0, 0.05) is 43.5 Å². The minimum atomic E-state index is 0.212. The van der Waals surface area contributed by atoms with Gasteiger partial charge in [0.15, 0.2) is 0 Å². The van der Waals surface area contributed by atoms with Gasteiger partial charge in [-0.1, -0.05) is 24.3 Å². The Morgan fingerprint density at radius 1 is 0.966 bits per heavy atom. The van der Waals surface area contributed by atoms with E-state index in [0.29, 0.717) is 6.04 Å². The molecule has 1 heterocycles. The minimum Gasteiger partial charge on any atom is -0.369 e. The van der Waals surface area contributed by atoms with E-state index in [2.05, 4.69) is 51.5 Å². The fourth-order valence-corrected chi connectivity index (χ4v) is 5.15. The molecule has 1 aliphatic heterocycles. The Morgan fingerprint density at radius 3 is 2.41 bits per heavy atom. The summed E-state index contributed by atoms with van der Waals surface area (Å²) >= 11 is 0. The largest absolute Gasteiger partial charge is 0.369 e. The van der Waals surface area contributed by atoms with Gasteiger partial charge in [-0.3, -0.25) is 9.69 Å². The van der Waals surface area contributed by atoms with E-state index < -0.39 is 0 Å². The van der Waals surface area contributed by atoms with Gasteiger partial charge in [0.2, 0.25) is 5.91 Å². The molecule has 1 N–H and O–H groups in total. The maximum atomic E-state index is 12.4. The summed E-state index contributed by atoms with van der Waals surface area (Å²) in [6.45, 7) is 5.86. The summed E-state index contributed by atoms with van der Waals surface area (Å²) in [5.41, 5.74) is 2.39. The van der Waals surface area contributed by atoms with Gasteiger partial charge in [0.1, 0.15) is 0 Å². The highest BCUT2D eigenvalue weighted by Gasteiger charge is 2.25. The van der Waals surface area contributed by atoms with Crippen LogP contribution in [0.4, 0.5) is 5.69 Å². The van der Waals surface area contributed by atoms with E-state index >= 15 is 0 Å². The lowest BCUT2D eigenvalue weighted by molar-refractivity contribution is -0.118. The summed E-state index contributed by atoms with van der Waals surface area (Å²) in [6.07, 6.45) is 12.8. The van der Waals surface area contributed by atoms with E-state index in [-0.39, 0.29) is 5.91 Å². The van der Waals surface area contributed by atoms with Gasteiger partial charge in [0.05, 0.1) is 0 Å². The molecular formula is C25H37N3O. The molecule has 1 aromatic rings. The molecule has 4 heteroatoms. The quantitative estimate of drug-likeness (QED) is 0.777. The molecule has 3 aliphatic rings. The number of nitrogens with one attached hydrogen (secondary N) is 1. The van der Waals surface area contributed by atoms with Crippen molar-refractivity contribution in [2.75, 3.05) is 37.6 Å². The van der Waals surface area contributed by atoms with Crippen molar-refractivity contribution in [3.63, 3.8) is 0 Å². The summed E-state index contributed by atoms with van der Waals surface area (Å²) in [7, 11) is 0. The number of hydrogen-bond acceptors (Lipinski definition) is 3. The van der Waals surface area contributed by atoms with Gasteiger partial charge in [-0.05, 0) is 82.4 Å². The Bertz CT molecular complexity index is 671. The predicted molar refractivity (Wildman–Crippen MR) is 120 cm³/mol. The molecule has 4 nitrogen and oxygen atoms in total. The molecule has 0 spiro atoms. The number of carbonyl (C=O) groups excluding carboxylic acids is 1. The average Bonchev–Trinajstić information content (AvgIpc) is 2.80. The van der Waals surface area contributed by atoms with Crippen molar-refractivity contribution in [3.8, 4) is 0 Å². The number of carbonyl (C=O) groups is 1. The Hall–Kier alpha value is -1.81. The number of allylic oxidation sites excluding steroid dienone is 1. The van der Waals surface area contributed by atoms with Gasteiger partial charge < -0.3 is 10.2 Å². The Kier molecular flexibility index (Phi) is 7.26. The van der Waals surface area contributed by atoms with Crippen LogP contribution in [0.25, 0.3) is 0 Å². The standard InChI is InChI=1S/C25H37N3O/c29-25(22-7-3-1-4-8-22)26-23-13-11-21(12-14-23)15-16-27-17-19-28(20-18-27)24-9-5-2-6-10-24/h2,5-7,9-10,21,23H,1,3-4,8,11-20H2,(H,26,29)/t21-,23-. The third-order valence-corrected chi connectivity index (χ3v) is 7.11. The van der Waals surface area contributed by atoms with Crippen LogP contribution in [-0.2, 0) is 4.79 Å². The molecule has 0 aromatic heterocycles. The molecule has 158 valence electrons. The van der Waals surface area contributed by atoms with Crippen molar-refractivity contribution in [2.24, 2.45) is 5.92 Å². The number of benzene rings is 1. The van der Waals surface area contributed by atoms with Crippen LogP contribution in [0.15, 0.2) is 42.0 Å². The second-order valence-electron chi connectivity index (χ2n) is 9.12. The van der Waals surface area contributed by atoms with E-state index in [1.165, 1.54) is 57.4 Å². The molecule has 29 heavy (non-hydrogen) atoms. The van der Waals surface area contributed by atoms with Gasteiger partial charge >= 0.3 is 0 Å². The van der Waals surface area contributed by atoms with Gasteiger partial charge in [-0.2, -0.15) is 0 Å². The highest BCUT2D eigenvalue weighted by Crippen LogP contribution is 2.28. The fourth-order valence-electron chi connectivity index (χ4n) is 5.15. The molecule has 0 atom stereocenters. The zero-order valence-corrected chi connectivity index (χ0v) is 17.8. The summed E-state index contributed by atoms with van der Waals surface area (Å²) < 4.78 is 0. The third-order valence-electron chi connectivity index (χ3n) is 7.11. The van der Waals surface area contributed by atoms with Crippen LogP contribution >= 0.6 is 0 Å². The van der Waals surface area contributed by atoms with Crippen molar-refractivity contribution in [2.45, 2.75) is 63.8 Å². The van der Waals surface area contributed by atoms with E-state index in [0.717, 1.165) is 50.3 Å². The van der Waals surface area contributed by atoms with Crippen LogP contribution in [0.1, 0.15) is 57.8 Å². The monoisotopic (exact) mass is 395 g/mol. The first-order chi connectivity index (χ1) is 14.3. The van der Waals surface area contributed by atoms with Crippen molar-refractivity contribution in [1.82, 2.24) is 10.2 Å². The lowest BCUT2D eigenvalue weighted by atomic mass is 9.83. The van der Waals surface area contributed by atoms with Crippen LogP contribution in [-0.4, -0.2) is 49.6 Å². The van der Waals surface area contributed by atoms with Gasteiger partial charge in [0.25, 0.3) is 0 Å². The maximum Gasteiger partial charge on any atom is 0.247 e. The molecule has 1 amide bonds. The fraction of sp³-hybridized carbons (Fsp3) is 0.640. The second kappa shape index (κ2) is 10.3. The SMILES string of the molecule is O=C(N[C@H]1CC[C@H](CCN2CCN(c3ccccc3)CC2)CC1)C1=CCCCC1. The molecule has 0 bridgehead atoms. The molecule has 4 rings (SSSR count). The van der Waals surface area contributed by atoms with E-state index in [1.54, 1.807) is 0 Å².